The number of unbranched alkanes of at least 4 members (excludes halogenated alkanes) is 1. The number of ether oxygens (including phenoxy) is 1. The molecule has 0 fully saturated rings. The third-order valence-electron chi connectivity index (χ3n) is 1.82. The normalized spacial score (nSPS) is 11.5. The van der Waals surface area contributed by atoms with Gasteiger partial charge in [-0.1, -0.05) is 13.0 Å². The van der Waals surface area contributed by atoms with Crippen LogP contribution in [-0.4, -0.2) is 6.61 Å². The van der Waals surface area contributed by atoms with Crippen molar-refractivity contribution in [2.45, 2.75) is 19.5 Å². The smallest absolute Gasteiger partial charge is 0.416 e. The van der Waals surface area contributed by atoms with Crippen LogP contribution in [0.5, 0.6) is 5.75 Å². The van der Waals surface area contributed by atoms with Gasteiger partial charge in [-0.2, -0.15) is 13.2 Å². The van der Waals surface area contributed by atoms with E-state index in [-0.39, 0.29) is 5.75 Å². The Labute approximate surface area is 86.9 Å². The predicted molar refractivity (Wildman–Crippen MR) is 51.5 cm³/mol. The summed E-state index contributed by atoms with van der Waals surface area (Å²) in [5.74, 6) is 0.245. The van der Waals surface area contributed by atoms with Crippen molar-refractivity contribution < 1.29 is 17.9 Å². The molecule has 1 nitrogen and oxygen atoms in total. The van der Waals surface area contributed by atoms with Gasteiger partial charge in [0.05, 0.1) is 12.2 Å². The van der Waals surface area contributed by atoms with Crippen LogP contribution in [0.15, 0.2) is 24.3 Å². The summed E-state index contributed by atoms with van der Waals surface area (Å²) in [5, 5.41) is 0. The van der Waals surface area contributed by atoms with Gasteiger partial charge < -0.3 is 4.74 Å². The van der Waals surface area contributed by atoms with E-state index in [1.165, 1.54) is 12.1 Å². The van der Waals surface area contributed by atoms with Crippen LogP contribution >= 0.6 is 0 Å². The van der Waals surface area contributed by atoms with Gasteiger partial charge in [-0.05, 0) is 31.0 Å². The second kappa shape index (κ2) is 5.05. The second-order valence-electron chi connectivity index (χ2n) is 3.03. The molecule has 0 atom stereocenters. The minimum atomic E-state index is -4.31. The second-order valence-corrected chi connectivity index (χ2v) is 3.03. The highest BCUT2D eigenvalue weighted by atomic mass is 19.4. The van der Waals surface area contributed by atoms with E-state index in [0.29, 0.717) is 6.61 Å². The van der Waals surface area contributed by atoms with Gasteiger partial charge in [0.15, 0.2) is 0 Å². The molecule has 0 heterocycles. The number of alkyl halides is 3. The molecule has 1 radical (unpaired) electrons. The lowest BCUT2D eigenvalue weighted by molar-refractivity contribution is -0.137. The van der Waals surface area contributed by atoms with Crippen LogP contribution in [0.1, 0.15) is 18.9 Å². The first kappa shape index (κ1) is 11.9. The van der Waals surface area contributed by atoms with Crippen LogP contribution in [0.3, 0.4) is 0 Å². The summed E-state index contributed by atoms with van der Waals surface area (Å²) in [5.41, 5.74) is -0.684. The SMILES string of the molecule is CC[CH]COc1cccc(C(F)(F)F)c1. The lowest BCUT2D eigenvalue weighted by atomic mass is 10.2. The molecule has 1 aromatic carbocycles. The van der Waals surface area contributed by atoms with Gasteiger partial charge in [0.25, 0.3) is 0 Å². The summed E-state index contributed by atoms with van der Waals surface area (Å²) in [4.78, 5) is 0. The quantitative estimate of drug-likeness (QED) is 0.699. The van der Waals surface area contributed by atoms with E-state index in [1.807, 2.05) is 13.3 Å². The average molecular weight is 217 g/mol. The van der Waals surface area contributed by atoms with E-state index in [4.69, 9.17) is 4.74 Å². The molecule has 0 N–H and O–H groups in total. The van der Waals surface area contributed by atoms with Gasteiger partial charge in [0.1, 0.15) is 5.75 Å². The van der Waals surface area contributed by atoms with E-state index in [9.17, 15) is 13.2 Å². The summed E-state index contributed by atoms with van der Waals surface area (Å²) in [6.07, 6.45) is -1.63. The van der Waals surface area contributed by atoms with Crippen molar-refractivity contribution in [3.8, 4) is 5.75 Å². The van der Waals surface area contributed by atoms with Crippen molar-refractivity contribution >= 4 is 0 Å². The molecule has 4 heteroatoms. The molecule has 0 aliphatic heterocycles. The molecule has 0 unspecified atom stereocenters. The van der Waals surface area contributed by atoms with Crippen molar-refractivity contribution in [3.63, 3.8) is 0 Å². The summed E-state index contributed by atoms with van der Waals surface area (Å²) >= 11 is 0. The molecule has 15 heavy (non-hydrogen) atoms. The summed E-state index contributed by atoms with van der Waals surface area (Å²) in [7, 11) is 0. The summed E-state index contributed by atoms with van der Waals surface area (Å²) in [6.45, 7) is 2.27. The first-order valence-corrected chi connectivity index (χ1v) is 4.65. The van der Waals surface area contributed by atoms with Crippen molar-refractivity contribution in [3.05, 3.63) is 36.2 Å². The van der Waals surface area contributed by atoms with Gasteiger partial charge in [-0.3, -0.25) is 0 Å². The Kier molecular flexibility index (Phi) is 4.00. The fourth-order valence-corrected chi connectivity index (χ4v) is 1.04. The standard InChI is InChI=1S/C11H12F3O/c1-2-3-7-15-10-6-4-5-9(8-10)11(12,13)14/h3-6,8H,2,7H2,1H3. The Hall–Kier alpha value is -1.19. The molecule has 83 valence electrons. The van der Waals surface area contributed by atoms with Crippen LogP contribution in [0.2, 0.25) is 0 Å². The zero-order valence-corrected chi connectivity index (χ0v) is 8.34. The first-order valence-electron chi connectivity index (χ1n) is 4.65. The molecule has 0 saturated heterocycles. The molecular formula is C11H12F3O. The molecule has 0 aromatic heterocycles. The van der Waals surface area contributed by atoms with Crippen molar-refractivity contribution in [2.75, 3.05) is 6.61 Å². The number of halogens is 3. The highest BCUT2D eigenvalue weighted by molar-refractivity contribution is 5.30. The first-order chi connectivity index (χ1) is 7.04. The molecule has 1 aromatic rings. The van der Waals surface area contributed by atoms with Gasteiger partial charge in [-0.25, -0.2) is 0 Å². The third kappa shape index (κ3) is 3.81. The van der Waals surface area contributed by atoms with Gasteiger partial charge >= 0.3 is 6.18 Å². The molecular weight excluding hydrogens is 205 g/mol. The van der Waals surface area contributed by atoms with Crippen LogP contribution in [-0.2, 0) is 6.18 Å². The van der Waals surface area contributed by atoms with Gasteiger partial charge in [-0.15, -0.1) is 0 Å². The Morgan fingerprint density at radius 1 is 1.33 bits per heavy atom. The molecule has 1 rings (SSSR count). The van der Waals surface area contributed by atoms with E-state index in [1.54, 1.807) is 0 Å². The van der Waals surface area contributed by atoms with Gasteiger partial charge in [0.2, 0.25) is 0 Å². The molecule has 0 spiro atoms. The Balaban J connectivity index is 2.66. The number of hydrogen-bond acceptors (Lipinski definition) is 1. The minimum absolute atomic E-state index is 0.245. The topological polar surface area (TPSA) is 9.23 Å². The van der Waals surface area contributed by atoms with E-state index in [0.717, 1.165) is 18.6 Å². The number of hydrogen-bond donors (Lipinski definition) is 0. The monoisotopic (exact) mass is 217 g/mol. The predicted octanol–water partition coefficient (Wildman–Crippen LogP) is 3.70. The highest BCUT2D eigenvalue weighted by Gasteiger charge is 2.30. The van der Waals surface area contributed by atoms with Crippen LogP contribution in [0, 0.1) is 6.42 Å². The summed E-state index contributed by atoms with van der Waals surface area (Å²) < 4.78 is 42.0. The average Bonchev–Trinajstić information content (AvgIpc) is 2.17. The number of rotatable bonds is 4. The fourth-order valence-electron chi connectivity index (χ4n) is 1.04. The summed E-state index contributed by atoms with van der Waals surface area (Å²) in [6, 6.07) is 4.88. The number of benzene rings is 1. The van der Waals surface area contributed by atoms with E-state index in [2.05, 4.69) is 0 Å². The van der Waals surface area contributed by atoms with Crippen LogP contribution < -0.4 is 4.74 Å². The van der Waals surface area contributed by atoms with Gasteiger partial charge in [0, 0.05) is 0 Å². The van der Waals surface area contributed by atoms with Crippen molar-refractivity contribution in [1.82, 2.24) is 0 Å². The lowest BCUT2D eigenvalue weighted by Gasteiger charge is -2.09. The fraction of sp³-hybridized carbons (Fsp3) is 0.364. The largest absolute Gasteiger partial charge is 0.493 e. The molecule has 0 saturated carbocycles. The molecule has 0 aliphatic carbocycles. The maximum atomic E-state index is 12.3. The van der Waals surface area contributed by atoms with E-state index < -0.39 is 11.7 Å². The Bertz CT molecular complexity index is 307. The molecule has 0 bridgehead atoms. The highest BCUT2D eigenvalue weighted by Crippen LogP contribution is 2.31. The van der Waals surface area contributed by atoms with Crippen LogP contribution in [0.4, 0.5) is 13.2 Å². The lowest BCUT2D eigenvalue weighted by Crippen LogP contribution is -2.05. The third-order valence-corrected chi connectivity index (χ3v) is 1.82. The minimum Gasteiger partial charge on any atom is -0.493 e. The van der Waals surface area contributed by atoms with E-state index >= 15 is 0 Å². The Morgan fingerprint density at radius 2 is 2.07 bits per heavy atom. The molecule has 0 aliphatic rings. The maximum absolute atomic E-state index is 12.3. The van der Waals surface area contributed by atoms with Crippen molar-refractivity contribution in [2.24, 2.45) is 0 Å². The zero-order chi connectivity index (χ0) is 11.3. The van der Waals surface area contributed by atoms with Crippen LogP contribution in [0.25, 0.3) is 0 Å². The maximum Gasteiger partial charge on any atom is 0.416 e. The zero-order valence-electron chi connectivity index (χ0n) is 8.34. The Morgan fingerprint density at radius 3 is 2.67 bits per heavy atom. The van der Waals surface area contributed by atoms with Crippen molar-refractivity contribution in [1.29, 1.82) is 0 Å². The molecule has 0 amide bonds.